The number of aromatic nitrogens is 2. The summed E-state index contributed by atoms with van der Waals surface area (Å²) in [6, 6.07) is 1.89. The molecule has 2 aromatic rings. The Balaban J connectivity index is 1.63. The first kappa shape index (κ1) is 21.1. The Labute approximate surface area is 166 Å². The van der Waals surface area contributed by atoms with Crippen LogP contribution in [0.15, 0.2) is 22.7 Å². The lowest BCUT2D eigenvalue weighted by molar-refractivity contribution is -0.137. The van der Waals surface area contributed by atoms with Gasteiger partial charge in [0.2, 0.25) is 21.7 Å². The summed E-state index contributed by atoms with van der Waals surface area (Å²) in [6.07, 6.45) is -7.73. The third kappa shape index (κ3) is 3.27. The van der Waals surface area contributed by atoms with Gasteiger partial charge in [0.15, 0.2) is 0 Å². The van der Waals surface area contributed by atoms with Gasteiger partial charge >= 0.3 is 6.18 Å². The lowest BCUT2D eigenvalue weighted by Gasteiger charge is -2.33. The van der Waals surface area contributed by atoms with E-state index in [2.05, 4.69) is 10.1 Å². The van der Waals surface area contributed by atoms with Crippen LogP contribution in [0.1, 0.15) is 23.8 Å². The highest BCUT2D eigenvalue weighted by atomic mass is 32.2. The molecule has 1 aromatic heterocycles. The molecule has 2 aliphatic rings. The summed E-state index contributed by atoms with van der Waals surface area (Å²) in [5.41, 5.74) is -3.46. The van der Waals surface area contributed by atoms with Crippen LogP contribution < -0.4 is 0 Å². The van der Waals surface area contributed by atoms with Crippen molar-refractivity contribution >= 4 is 10.0 Å². The number of hydrogen-bond donors (Lipinski definition) is 0. The first-order valence-electron chi connectivity index (χ1n) is 8.79. The molecule has 1 aliphatic heterocycles. The lowest BCUT2D eigenvalue weighted by atomic mass is 9.89. The minimum Gasteiger partial charge on any atom is -0.339 e. The van der Waals surface area contributed by atoms with E-state index in [-0.39, 0.29) is 24.9 Å². The van der Waals surface area contributed by atoms with Crippen molar-refractivity contribution in [1.82, 2.24) is 14.4 Å². The van der Waals surface area contributed by atoms with E-state index in [4.69, 9.17) is 4.52 Å². The van der Waals surface area contributed by atoms with Crippen molar-refractivity contribution in [3.05, 3.63) is 35.5 Å². The van der Waals surface area contributed by atoms with Crippen LogP contribution in [-0.2, 0) is 16.2 Å². The fraction of sp³-hybridized carbons (Fsp3) is 0.529. The summed E-state index contributed by atoms with van der Waals surface area (Å²) in [5.74, 6) is -3.23. The van der Waals surface area contributed by atoms with E-state index in [0.29, 0.717) is 0 Å². The second-order valence-corrected chi connectivity index (χ2v) is 9.46. The van der Waals surface area contributed by atoms with E-state index < -0.39 is 69.2 Å². The molecule has 0 amide bonds. The molecule has 4 unspecified atom stereocenters. The molecule has 2 fully saturated rings. The molecular formula is C17H15F6N3O3S. The van der Waals surface area contributed by atoms with Crippen molar-refractivity contribution in [2.75, 3.05) is 19.3 Å². The zero-order chi connectivity index (χ0) is 22.1. The molecular weight excluding hydrogens is 440 g/mol. The first-order chi connectivity index (χ1) is 13.9. The third-order valence-corrected chi connectivity index (χ3v) is 6.99. The molecule has 6 nitrogen and oxygen atoms in total. The Hall–Kier alpha value is -2.15. The van der Waals surface area contributed by atoms with Crippen LogP contribution in [0.4, 0.5) is 26.3 Å². The summed E-state index contributed by atoms with van der Waals surface area (Å²) in [5, 5.41) is 3.44. The summed E-state index contributed by atoms with van der Waals surface area (Å²) in [4.78, 5) is 3.81. The average Bonchev–Trinajstić information content (AvgIpc) is 2.99. The number of halogens is 6. The third-order valence-electron chi connectivity index (χ3n) is 5.72. The molecule has 2 heterocycles. The topological polar surface area (TPSA) is 76.3 Å². The first-order valence-corrected chi connectivity index (χ1v) is 10.6. The second kappa shape index (κ2) is 6.67. The summed E-state index contributed by atoms with van der Waals surface area (Å²) < 4.78 is 111. The summed E-state index contributed by atoms with van der Waals surface area (Å²) >= 11 is 0. The summed E-state index contributed by atoms with van der Waals surface area (Å²) in [7, 11) is -3.65. The van der Waals surface area contributed by atoms with Crippen LogP contribution in [0.5, 0.6) is 0 Å². The van der Waals surface area contributed by atoms with Gasteiger partial charge in [0.25, 0.3) is 0 Å². The SMILES string of the molecule is CS(=O)(=O)N1CCC2(C(F)C1)C(F)C2c1nc(-c2ccc(F)cc2C(F)(F)F)no1. The van der Waals surface area contributed by atoms with Crippen molar-refractivity contribution in [2.45, 2.75) is 30.9 Å². The fourth-order valence-electron chi connectivity index (χ4n) is 4.06. The normalized spacial score (nSPS) is 30.0. The van der Waals surface area contributed by atoms with E-state index in [1.54, 1.807) is 0 Å². The molecule has 30 heavy (non-hydrogen) atoms. The van der Waals surface area contributed by atoms with E-state index in [0.717, 1.165) is 22.7 Å². The van der Waals surface area contributed by atoms with Crippen molar-refractivity contribution in [1.29, 1.82) is 0 Å². The maximum Gasteiger partial charge on any atom is 0.417 e. The molecule has 4 rings (SSSR count). The molecule has 1 spiro atoms. The molecule has 4 atom stereocenters. The van der Waals surface area contributed by atoms with Gasteiger partial charge in [-0.2, -0.15) is 22.5 Å². The zero-order valence-electron chi connectivity index (χ0n) is 15.3. The standard InChI is InChI=1S/C17H15F6N3O3S/c1-30(27,28)26-5-4-16(11(19)7-26)12(13(16)20)15-24-14(25-29-15)9-3-2-8(18)6-10(9)17(21,22)23/h2-3,6,11-13H,4-5,7H2,1H3. The van der Waals surface area contributed by atoms with Crippen LogP contribution in [0.3, 0.4) is 0 Å². The predicted molar refractivity (Wildman–Crippen MR) is 90.7 cm³/mol. The van der Waals surface area contributed by atoms with Crippen molar-refractivity contribution < 1.29 is 39.3 Å². The monoisotopic (exact) mass is 455 g/mol. The Morgan fingerprint density at radius 3 is 2.57 bits per heavy atom. The predicted octanol–water partition coefficient (Wildman–Crippen LogP) is 3.32. The Kier molecular flexibility index (Phi) is 4.69. The Morgan fingerprint density at radius 1 is 1.27 bits per heavy atom. The number of piperidine rings is 1. The minimum absolute atomic E-state index is 0.104. The van der Waals surface area contributed by atoms with E-state index in [9.17, 15) is 34.8 Å². The van der Waals surface area contributed by atoms with E-state index >= 15 is 0 Å². The van der Waals surface area contributed by atoms with Gasteiger partial charge in [-0.1, -0.05) is 5.16 Å². The van der Waals surface area contributed by atoms with Gasteiger partial charge < -0.3 is 4.52 Å². The quantitative estimate of drug-likeness (QED) is 0.664. The number of rotatable bonds is 3. The van der Waals surface area contributed by atoms with Gasteiger partial charge in [0.05, 0.1) is 23.2 Å². The Bertz CT molecular complexity index is 1090. The number of nitrogens with zero attached hydrogens (tertiary/aromatic N) is 3. The molecule has 13 heteroatoms. The smallest absolute Gasteiger partial charge is 0.339 e. The molecule has 1 saturated heterocycles. The van der Waals surface area contributed by atoms with Gasteiger partial charge in [-0.25, -0.2) is 21.6 Å². The molecule has 164 valence electrons. The van der Waals surface area contributed by atoms with Gasteiger partial charge in [-0.05, 0) is 24.6 Å². The number of alkyl halides is 5. The molecule has 1 saturated carbocycles. The van der Waals surface area contributed by atoms with Crippen LogP contribution >= 0.6 is 0 Å². The van der Waals surface area contributed by atoms with Gasteiger partial charge in [-0.15, -0.1) is 0 Å². The average molecular weight is 455 g/mol. The summed E-state index contributed by atoms with van der Waals surface area (Å²) in [6.45, 7) is -0.639. The van der Waals surface area contributed by atoms with Crippen molar-refractivity contribution in [2.24, 2.45) is 5.41 Å². The highest BCUT2D eigenvalue weighted by Crippen LogP contribution is 2.67. The minimum atomic E-state index is -4.90. The van der Waals surface area contributed by atoms with Crippen molar-refractivity contribution in [3.63, 3.8) is 0 Å². The number of benzene rings is 1. The number of hydrogen-bond acceptors (Lipinski definition) is 5. The fourth-order valence-corrected chi connectivity index (χ4v) is 4.88. The van der Waals surface area contributed by atoms with Crippen LogP contribution in [-0.4, -0.2) is 54.6 Å². The Morgan fingerprint density at radius 2 is 1.97 bits per heavy atom. The van der Waals surface area contributed by atoms with Gasteiger partial charge in [0, 0.05) is 18.7 Å². The lowest BCUT2D eigenvalue weighted by Crippen LogP contribution is -2.46. The van der Waals surface area contributed by atoms with Crippen LogP contribution in [0.2, 0.25) is 0 Å². The molecule has 0 N–H and O–H groups in total. The van der Waals surface area contributed by atoms with E-state index in [1.165, 1.54) is 0 Å². The van der Waals surface area contributed by atoms with Crippen LogP contribution in [0.25, 0.3) is 11.4 Å². The largest absolute Gasteiger partial charge is 0.417 e. The molecule has 0 radical (unpaired) electrons. The molecule has 1 aliphatic carbocycles. The molecule has 1 aromatic carbocycles. The zero-order valence-corrected chi connectivity index (χ0v) is 16.1. The van der Waals surface area contributed by atoms with Crippen molar-refractivity contribution in [3.8, 4) is 11.4 Å². The van der Waals surface area contributed by atoms with Gasteiger partial charge in [0.1, 0.15) is 18.2 Å². The molecule has 0 bridgehead atoms. The van der Waals surface area contributed by atoms with Gasteiger partial charge in [-0.3, -0.25) is 0 Å². The maximum atomic E-state index is 14.8. The highest BCUT2D eigenvalue weighted by molar-refractivity contribution is 7.88. The maximum absolute atomic E-state index is 14.8. The second-order valence-electron chi connectivity index (χ2n) is 7.47. The highest BCUT2D eigenvalue weighted by Gasteiger charge is 2.74. The van der Waals surface area contributed by atoms with Crippen LogP contribution in [0, 0.1) is 11.2 Å². The van der Waals surface area contributed by atoms with E-state index in [1.807, 2.05) is 0 Å². The number of sulfonamides is 1.